The fourth-order valence-electron chi connectivity index (χ4n) is 2.53. The molecule has 0 saturated heterocycles. The van der Waals surface area contributed by atoms with E-state index in [2.05, 4.69) is 5.32 Å². The molecule has 0 aliphatic heterocycles. The van der Waals surface area contributed by atoms with Gasteiger partial charge in [-0.05, 0) is 35.9 Å². The Balaban J connectivity index is 1.56. The van der Waals surface area contributed by atoms with Crippen LogP contribution < -0.4 is 10.1 Å². The molecule has 0 bridgehead atoms. The quantitative estimate of drug-likeness (QED) is 0.457. The van der Waals surface area contributed by atoms with Crippen molar-refractivity contribution in [1.29, 1.82) is 0 Å². The Hall–Kier alpha value is -3.65. The number of nitro groups is 1. The molecule has 1 atom stereocenters. The zero-order chi connectivity index (χ0) is 19.9. The largest absolute Gasteiger partial charge is 0.489 e. The van der Waals surface area contributed by atoms with E-state index in [4.69, 9.17) is 9.15 Å². The molecule has 0 spiro atoms. The van der Waals surface area contributed by atoms with Gasteiger partial charge in [0.2, 0.25) is 0 Å². The highest BCUT2D eigenvalue weighted by molar-refractivity contribution is 5.92. The number of nitrogens with one attached hydrogen (secondary N) is 1. The zero-order valence-electron chi connectivity index (χ0n) is 14.8. The summed E-state index contributed by atoms with van der Waals surface area (Å²) in [5.74, 6) is 0.285. The highest BCUT2D eigenvalue weighted by Gasteiger charge is 2.18. The number of carbonyl (C=O) groups is 1. The number of nitro benzene ring substituents is 1. The smallest absolute Gasteiger partial charge is 0.287 e. The van der Waals surface area contributed by atoms with Crippen LogP contribution in [0.4, 0.5) is 5.69 Å². The summed E-state index contributed by atoms with van der Waals surface area (Å²) in [6.45, 7) is 0.0878. The lowest BCUT2D eigenvalue weighted by atomic mass is 10.1. The minimum atomic E-state index is -1.01. The van der Waals surface area contributed by atoms with Gasteiger partial charge in [-0.1, -0.05) is 18.2 Å². The summed E-state index contributed by atoms with van der Waals surface area (Å²) >= 11 is 0. The molecule has 0 aliphatic rings. The molecule has 0 saturated carbocycles. The van der Waals surface area contributed by atoms with Crippen LogP contribution in [0.25, 0.3) is 0 Å². The molecule has 1 amide bonds. The molecule has 2 N–H and O–H groups in total. The maximum absolute atomic E-state index is 12.4. The van der Waals surface area contributed by atoms with Crippen molar-refractivity contribution in [3.8, 4) is 5.75 Å². The van der Waals surface area contributed by atoms with E-state index in [0.29, 0.717) is 16.9 Å². The van der Waals surface area contributed by atoms with Gasteiger partial charge in [0.15, 0.2) is 5.76 Å². The predicted octanol–water partition coefficient (Wildman–Crippen LogP) is 3.23. The normalized spacial score (nSPS) is 11.6. The third-order valence-electron chi connectivity index (χ3n) is 4.04. The second kappa shape index (κ2) is 8.83. The Morgan fingerprint density at radius 2 is 1.86 bits per heavy atom. The molecule has 2 aromatic carbocycles. The molecule has 0 radical (unpaired) electrons. The van der Waals surface area contributed by atoms with E-state index in [-0.39, 0.29) is 24.6 Å². The van der Waals surface area contributed by atoms with Gasteiger partial charge in [0.1, 0.15) is 12.4 Å². The first-order valence-electron chi connectivity index (χ1n) is 8.49. The molecular formula is C20H18N2O6. The fourth-order valence-corrected chi connectivity index (χ4v) is 2.53. The van der Waals surface area contributed by atoms with Crippen LogP contribution in [0.3, 0.4) is 0 Å². The van der Waals surface area contributed by atoms with E-state index in [1.54, 1.807) is 18.2 Å². The Morgan fingerprint density at radius 1 is 1.14 bits per heavy atom. The number of hydrogen-bond donors (Lipinski definition) is 2. The summed E-state index contributed by atoms with van der Waals surface area (Å²) < 4.78 is 10.9. The average Bonchev–Trinajstić information content (AvgIpc) is 3.20. The maximum atomic E-state index is 12.4. The number of nitrogens with zero attached hydrogens (tertiary/aromatic N) is 1. The third-order valence-corrected chi connectivity index (χ3v) is 4.04. The van der Waals surface area contributed by atoms with Crippen molar-refractivity contribution < 1.29 is 24.0 Å². The number of benzene rings is 2. The van der Waals surface area contributed by atoms with Gasteiger partial charge in [-0.2, -0.15) is 0 Å². The van der Waals surface area contributed by atoms with Crippen LogP contribution >= 0.6 is 0 Å². The van der Waals surface area contributed by atoms with E-state index < -0.39 is 16.9 Å². The lowest BCUT2D eigenvalue weighted by Crippen LogP contribution is -2.28. The lowest BCUT2D eigenvalue weighted by molar-refractivity contribution is -0.384. The molecule has 8 nitrogen and oxygen atoms in total. The number of furan rings is 1. The minimum absolute atomic E-state index is 0.0707. The monoisotopic (exact) mass is 382 g/mol. The molecular weight excluding hydrogens is 364 g/mol. The van der Waals surface area contributed by atoms with E-state index in [0.717, 1.165) is 0 Å². The highest BCUT2D eigenvalue weighted by atomic mass is 16.6. The highest BCUT2D eigenvalue weighted by Crippen LogP contribution is 2.18. The minimum Gasteiger partial charge on any atom is -0.489 e. The molecule has 0 fully saturated rings. The van der Waals surface area contributed by atoms with Crippen LogP contribution in [-0.4, -0.2) is 22.5 Å². The molecule has 0 aliphatic carbocycles. The number of para-hydroxylation sites is 1. The zero-order valence-corrected chi connectivity index (χ0v) is 14.8. The number of aliphatic hydroxyl groups is 1. The summed E-state index contributed by atoms with van der Waals surface area (Å²) in [4.78, 5) is 22.5. The predicted molar refractivity (Wildman–Crippen MR) is 99.9 cm³/mol. The standard InChI is InChI=1S/C20H18N2O6/c23-18(14-6-8-16(9-7-14)22(25)26)12-21-20(24)19-15(10-11-27-19)13-28-17-4-2-1-3-5-17/h1-11,18,23H,12-13H2,(H,21,24). The summed E-state index contributed by atoms with van der Waals surface area (Å²) in [5, 5.41) is 23.4. The summed E-state index contributed by atoms with van der Waals surface area (Å²) in [7, 11) is 0. The van der Waals surface area contributed by atoms with Gasteiger partial charge in [0, 0.05) is 24.2 Å². The van der Waals surface area contributed by atoms with Crippen LogP contribution in [0.15, 0.2) is 71.3 Å². The maximum Gasteiger partial charge on any atom is 0.287 e. The van der Waals surface area contributed by atoms with Crippen molar-refractivity contribution in [3.63, 3.8) is 0 Å². The van der Waals surface area contributed by atoms with Gasteiger partial charge in [0.25, 0.3) is 11.6 Å². The van der Waals surface area contributed by atoms with Gasteiger partial charge in [0.05, 0.1) is 17.3 Å². The van der Waals surface area contributed by atoms with Gasteiger partial charge in [-0.25, -0.2) is 0 Å². The molecule has 8 heteroatoms. The second-order valence-corrected chi connectivity index (χ2v) is 5.95. The van der Waals surface area contributed by atoms with E-state index in [1.165, 1.54) is 30.5 Å². The number of carbonyl (C=O) groups excluding carboxylic acids is 1. The van der Waals surface area contributed by atoms with E-state index in [1.807, 2.05) is 18.2 Å². The Morgan fingerprint density at radius 3 is 2.54 bits per heavy atom. The van der Waals surface area contributed by atoms with Crippen LogP contribution in [0.2, 0.25) is 0 Å². The fraction of sp³-hybridized carbons (Fsp3) is 0.150. The molecule has 3 rings (SSSR count). The van der Waals surface area contributed by atoms with E-state index >= 15 is 0 Å². The summed E-state index contributed by atoms with van der Waals surface area (Å²) in [6, 6.07) is 16.3. The van der Waals surface area contributed by atoms with Crippen LogP contribution in [0, 0.1) is 10.1 Å². The first-order chi connectivity index (χ1) is 13.5. The first kappa shape index (κ1) is 19.1. The van der Waals surface area contributed by atoms with Crippen molar-refractivity contribution >= 4 is 11.6 Å². The second-order valence-electron chi connectivity index (χ2n) is 5.95. The average molecular weight is 382 g/mol. The van der Waals surface area contributed by atoms with E-state index in [9.17, 15) is 20.0 Å². The molecule has 28 heavy (non-hydrogen) atoms. The van der Waals surface area contributed by atoms with Crippen molar-refractivity contribution in [2.75, 3.05) is 6.54 Å². The summed E-state index contributed by atoms with van der Waals surface area (Å²) in [5.41, 5.74) is 0.961. The van der Waals surface area contributed by atoms with Crippen molar-refractivity contribution in [1.82, 2.24) is 5.32 Å². The first-order valence-corrected chi connectivity index (χ1v) is 8.49. The van der Waals surface area contributed by atoms with Crippen LogP contribution in [0.5, 0.6) is 5.75 Å². The van der Waals surface area contributed by atoms with Crippen molar-refractivity contribution in [2.45, 2.75) is 12.7 Å². The Labute approximate surface area is 160 Å². The number of hydrogen-bond acceptors (Lipinski definition) is 6. The number of amides is 1. The van der Waals surface area contributed by atoms with Gasteiger partial charge in [-0.3, -0.25) is 14.9 Å². The summed E-state index contributed by atoms with van der Waals surface area (Å²) in [6.07, 6.45) is 0.384. The van der Waals surface area contributed by atoms with Crippen LogP contribution in [-0.2, 0) is 6.61 Å². The molecule has 144 valence electrons. The molecule has 1 aromatic heterocycles. The van der Waals surface area contributed by atoms with Gasteiger partial charge < -0.3 is 19.6 Å². The number of ether oxygens (including phenoxy) is 1. The van der Waals surface area contributed by atoms with Crippen molar-refractivity contribution in [3.05, 3.63) is 93.9 Å². The number of rotatable bonds is 8. The number of aliphatic hydroxyl groups excluding tert-OH is 1. The number of non-ortho nitro benzene ring substituents is 1. The topological polar surface area (TPSA) is 115 Å². The van der Waals surface area contributed by atoms with Gasteiger partial charge >= 0.3 is 0 Å². The lowest BCUT2D eigenvalue weighted by Gasteiger charge is -2.12. The molecule has 1 unspecified atom stereocenters. The van der Waals surface area contributed by atoms with Gasteiger partial charge in [-0.15, -0.1) is 0 Å². The van der Waals surface area contributed by atoms with Crippen LogP contribution in [0.1, 0.15) is 27.8 Å². The molecule has 1 heterocycles. The van der Waals surface area contributed by atoms with Crippen molar-refractivity contribution in [2.24, 2.45) is 0 Å². The Kier molecular flexibility index (Phi) is 6.03. The Bertz CT molecular complexity index is 937. The SMILES string of the molecule is O=C(NCC(O)c1ccc([N+](=O)[O-])cc1)c1occc1COc1ccccc1. The third kappa shape index (κ3) is 4.74. The molecule has 3 aromatic rings.